The second-order valence-electron chi connectivity index (χ2n) is 5.28. The van der Waals surface area contributed by atoms with E-state index in [-0.39, 0.29) is 11.6 Å². The molecule has 118 valence electrons. The lowest BCUT2D eigenvalue weighted by Gasteiger charge is -2.37. The fourth-order valence-electron chi connectivity index (χ4n) is 2.76. The highest BCUT2D eigenvalue weighted by Gasteiger charge is 2.21. The summed E-state index contributed by atoms with van der Waals surface area (Å²) < 4.78 is 18.6. The van der Waals surface area contributed by atoms with Crippen LogP contribution in [0.5, 0.6) is 5.75 Å². The Labute approximate surface area is 134 Å². The zero-order valence-electron chi connectivity index (χ0n) is 12.9. The molecule has 1 fully saturated rings. The van der Waals surface area contributed by atoms with Gasteiger partial charge in [0.2, 0.25) is 0 Å². The van der Waals surface area contributed by atoms with Crippen molar-refractivity contribution in [2.75, 3.05) is 43.1 Å². The van der Waals surface area contributed by atoms with E-state index < -0.39 is 0 Å². The lowest BCUT2D eigenvalue weighted by molar-refractivity contribution is 0.386. The van der Waals surface area contributed by atoms with Crippen molar-refractivity contribution in [3.05, 3.63) is 47.9 Å². The number of pyridine rings is 1. The number of benzene rings is 1. The van der Waals surface area contributed by atoms with Crippen LogP contribution in [0.4, 0.5) is 15.9 Å². The molecule has 0 spiro atoms. The first kappa shape index (κ1) is 15.1. The molecule has 1 aliphatic heterocycles. The van der Waals surface area contributed by atoms with Crippen LogP contribution in [0, 0.1) is 17.1 Å². The van der Waals surface area contributed by atoms with Crippen LogP contribution >= 0.6 is 0 Å². The quantitative estimate of drug-likeness (QED) is 0.871. The van der Waals surface area contributed by atoms with Gasteiger partial charge in [0.05, 0.1) is 12.7 Å². The van der Waals surface area contributed by atoms with E-state index in [0.717, 1.165) is 37.7 Å². The van der Waals surface area contributed by atoms with Crippen LogP contribution in [0.1, 0.15) is 5.56 Å². The van der Waals surface area contributed by atoms with Gasteiger partial charge < -0.3 is 14.5 Å². The maximum absolute atomic E-state index is 13.5. The van der Waals surface area contributed by atoms with E-state index in [4.69, 9.17) is 4.74 Å². The van der Waals surface area contributed by atoms with Gasteiger partial charge in [0, 0.05) is 44.1 Å². The average Bonchev–Trinajstić information content (AvgIpc) is 2.62. The average molecular weight is 312 g/mol. The first-order valence-electron chi connectivity index (χ1n) is 7.41. The van der Waals surface area contributed by atoms with Crippen molar-refractivity contribution in [1.29, 1.82) is 5.26 Å². The number of aromatic nitrogens is 1. The molecule has 2 heterocycles. The highest BCUT2D eigenvalue weighted by Crippen LogP contribution is 2.26. The number of piperazine rings is 1. The molecule has 0 saturated carbocycles. The number of halogens is 1. The van der Waals surface area contributed by atoms with E-state index in [0.29, 0.717) is 5.56 Å². The van der Waals surface area contributed by atoms with E-state index in [1.807, 2.05) is 0 Å². The van der Waals surface area contributed by atoms with Crippen LogP contribution < -0.4 is 14.5 Å². The van der Waals surface area contributed by atoms with Gasteiger partial charge in [-0.05, 0) is 24.3 Å². The van der Waals surface area contributed by atoms with Crippen molar-refractivity contribution < 1.29 is 9.13 Å². The fourth-order valence-corrected chi connectivity index (χ4v) is 2.76. The predicted octanol–water partition coefficient (Wildman–Crippen LogP) is 2.43. The summed E-state index contributed by atoms with van der Waals surface area (Å²) in [5.41, 5.74) is 1.52. The minimum absolute atomic E-state index is 0.251. The molecule has 0 bridgehead atoms. The molecule has 23 heavy (non-hydrogen) atoms. The molecule has 1 aromatic heterocycles. The fraction of sp³-hybridized carbons (Fsp3) is 0.294. The van der Waals surface area contributed by atoms with Crippen molar-refractivity contribution in [3.8, 4) is 11.8 Å². The van der Waals surface area contributed by atoms with Gasteiger partial charge in [0.25, 0.3) is 0 Å². The molecule has 1 saturated heterocycles. The summed E-state index contributed by atoms with van der Waals surface area (Å²) in [6.45, 7) is 3.06. The van der Waals surface area contributed by atoms with Gasteiger partial charge in [-0.3, -0.25) is 0 Å². The van der Waals surface area contributed by atoms with E-state index in [1.165, 1.54) is 13.2 Å². The highest BCUT2D eigenvalue weighted by atomic mass is 19.1. The number of hydrogen-bond acceptors (Lipinski definition) is 5. The van der Waals surface area contributed by atoms with Crippen LogP contribution in [-0.4, -0.2) is 38.3 Å². The third kappa shape index (κ3) is 3.04. The summed E-state index contributed by atoms with van der Waals surface area (Å²) in [6.07, 6.45) is 1.70. The Morgan fingerprint density at radius 3 is 2.61 bits per heavy atom. The van der Waals surface area contributed by atoms with Gasteiger partial charge in [-0.15, -0.1) is 0 Å². The molecule has 0 aliphatic carbocycles. The molecule has 0 N–H and O–H groups in total. The maximum atomic E-state index is 13.5. The minimum atomic E-state index is -0.359. The third-order valence-electron chi connectivity index (χ3n) is 3.99. The molecule has 3 rings (SSSR count). The first-order chi connectivity index (χ1) is 11.2. The van der Waals surface area contributed by atoms with Crippen molar-refractivity contribution in [2.24, 2.45) is 0 Å². The van der Waals surface area contributed by atoms with Crippen LogP contribution in [0.15, 0.2) is 36.5 Å². The topological polar surface area (TPSA) is 52.4 Å². The molecule has 2 aromatic rings. The Balaban J connectivity index is 1.73. The number of nitriles is 1. The van der Waals surface area contributed by atoms with Gasteiger partial charge in [-0.1, -0.05) is 0 Å². The Morgan fingerprint density at radius 2 is 1.91 bits per heavy atom. The van der Waals surface area contributed by atoms with Crippen LogP contribution in [0.25, 0.3) is 0 Å². The van der Waals surface area contributed by atoms with Crippen LogP contribution in [0.2, 0.25) is 0 Å². The van der Waals surface area contributed by atoms with E-state index >= 15 is 0 Å². The van der Waals surface area contributed by atoms with Gasteiger partial charge >= 0.3 is 0 Å². The molecule has 6 heteroatoms. The van der Waals surface area contributed by atoms with E-state index in [2.05, 4.69) is 20.9 Å². The smallest absolute Gasteiger partial charge is 0.165 e. The van der Waals surface area contributed by atoms with Crippen molar-refractivity contribution in [1.82, 2.24) is 4.98 Å². The standard InChI is InChI=1S/C17H17FN4O/c1-23-16-11-14(4-5-15(16)18)21-7-9-22(10-8-21)17-13(12-19)3-2-6-20-17/h2-6,11H,7-10H2,1H3. The van der Waals surface area contributed by atoms with E-state index in [1.54, 1.807) is 30.5 Å². The molecule has 1 aromatic carbocycles. The lowest BCUT2D eigenvalue weighted by atomic mass is 10.2. The number of anilines is 2. The number of rotatable bonds is 3. The second kappa shape index (κ2) is 6.53. The zero-order chi connectivity index (χ0) is 16.2. The summed E-state index contributed by atoms with van der Waals surface area (Å²) in [6, 6.07) is 10.6. The zero-order valence-corrected chi connectivity index (χ0v) is 12.9. The summed E-state index contributed by atoms with van der Waals surface area (Å²) in [4.78, 5) is 8.61. The Kier molecular flexibility index (Phi) is 4.29. The number of hydrogen-bond donors (Lipinski definition) is 0. The molecule has 5 nitrogen and oxygen atoms in total. The largest absolute Gasteiger partial charge is 0.494 e. The van der Waals surface area contributed by atoms with Gasteiger partial charge in [0.15, 0.2) is 11.6 Å². The van der Waals surface area contributed by atoms with E-state index in [9.17, 15) is 9.65 Å². The number of ether oxygens (including phenoxy) is 1. The van der Waals surface area contributed by atoms with Crippen LogP contribution in [0.3, 0.4) is 0 Å². The molecule has 0 radical (unpaired) electrons. The summed E-state index contributed by atoms with van der Waals surface area (Å²) in [7, 11) is 1.46. The van der Waals surface area contributed by atoms with Gasteiger partial charge in [0.1, 0.15) is 11.9 Å². The molecule has 0 unspecified atom stereocenters. The minimum Gasteiger partial charge on any atom is -0.494 e. The molecular formula is C17H17FN4O. The van der Waals surface area contributed by atoms with Crippen LogP contribution in [-0.2, 0) is 0 Å². The second-order valence-corrected chi connectivity index (χ2v) is 5.28. The molecule has 1 aliphatic rings. The summed E-state index contributed by atoms with van der Waals surface area (Å²) in [5, 5.41) is 9.19. The third-order valence-corrected chi connectivity index (χ3v) is 3.99. The Hall–Kier alpha value is -2.81. The predicted molar refractivity (Wildman–Crippen MR) is 86.3 cm³/mol. The molecule has 0 amide bonds. The number of methoxy groups -OCH3 is 1. The Bertz CT molecular complexity index is 736. The van der Waals surface area contributed by atoms with Crippen molar-refractivity contribution in [3.63, 3.8) is 0 Å². The van der Waals surface area contributed by atoms with Gasteiger partial charge in [-0.2, -0.15) is 5.26 Å². The number of nitrogens with zero attached hydrogens (tertiary/aromatic N) is 4. The normalized spacial score (nSPS) is 14.5. The first-order valence-corrected chi connectivity index (χ1v) is 7.41. The lowest BCUT2D eigenvalue weighted by Crippen LogP contribution is -2.47. The Morgan fingerprint density at radius 1 is 1.17 bits per heavy atom. The summed E-state index contributed by atoms with van der Waals surface area (Å²) in [5.74, 6) is 0.620. The highest BCUT2D eigenvalue weighted by molar-refractivity contribution is 5.56. The molecule has 0 atom stereocenters. The monoisotopic (exact) mass is 312 g/mol. The molecular weight excluding hydrogens is 295 g/mol. The maximum Gasteiger partial charge on any atom is 0.165 e. The van der Waals surface area contributed by atoms with Gasteiger partial charge in [-0.25, -0.2) is 9.37 Å². The van der Waals surface area contributed by atoms with Crippen molar-refractivity contribution in [2.45, 2.75) is 0 Å². The SMILES string of the molecule is COc1cc(N2CCN(c3ncccc3C#N)CC2)ccc1F. The summed E-state index contributed by atoms with van der Waals surface area (Å²) >= 11 is 0. The van der Waals surface area contributed by atoms with Crippen molar-refractivity contribution >= 4 is 11.5 Å².